The lowest BCUT2D eigenvalue weighted by Gasteiger charge is -2.08. The van der Waals surface area contributed by atoms with Crippen molar-refractivity contribution in [2.24, 2.45) is 0 Å². The number of carbonyl (C=O) groups excluding carboxylic acids is 2. The average molecular weight is 313 g/mol. The number of amides is 1. The maximum absolute atomic E-state index is 11.8. The molecule has 0 aliphatic rings. The third-order valence-electron chi connectivity index (χ3n) is 3.02. The second-order valence-corrected chi connectivity index (χ2v) is 4.80. The molecule has 0 atom stereocenters. The number of anilines is 1. The van der Waals surface area contributed by atoms with Gasteiger partial charge in [-0.15, -0.1) is 0 Å². The van der Waals surface area contributed by atoms with E-state index in [1.807, 2.05) is 0 Å². The second kappa shape index (κ2) is 7.22. The number of hydrogen-bond acceptors (Lipinski definition) is 4. The van der Waals surface area contributed by atoms with Crippen molar-refractivity contribution in [3.05, 3.63) is 59.7 Å². The van der Waals surface area contributed by atoms with Crippen molar-refractivity contribution in [2.45, 2.75) is 6.92 Å². The van der Waals surface area contributed by atoms with Gasteiger partial charge in [-0.3, -0.25) is 9.59 Å². The Hall–Kier alpha value is -3.15. The zero-order chi connectivity index (χ0) is 16.8. The van der Waals surface area contributed by atoms with Crippen LogP contribution in [0.4, 0.5) is 5.69 Å². The minimum absolute atomic E-state index is 0.0485. The Morgan fingerprint density at radius 1 is 1.04 bits per heavy atom. The number of carbonyl (C=O) groups is 3. The van der Waals surface area contributed by atoms with Gasteiger partial charge in [-0.2, -0.15) is 0 Å². The van der Waals surface area contributed by atoms with Crippen LogP contribution < -0.4 is 10.1 Å². The summed E-state index contributed by atoms with van der Waals surface area (Å²) in [6.07, 6.45) is 0. The normalized spacial score (nSPS) is 9.96. The largest absolute Gasteiger partial charge is 0.484 e. The van der Waals surface area contributed by atoms with Gasteiger partial charge < -0.3 is 15.2 Å². The van der Waals surface area contributed by atoms with Crippen LogP contribution in [0, 0.1) is 0 Å². The summed E-state index contributed by atoms with van der Waals surface area (Å²) in [5.74, 6) is -1.07. The molecule has 0 aromatic heterocycles. The molecule has 0 aliphatic carbocycles. The first-order valence-corrected chi connectivity index (χ1v) is 6.83. The van der Waals surface area contributed by atoms with Crippen molar-refractivity contribution in [3.8, 4) is 5.75 Å². The number of hydrogen-bond donors (Lipinski definition) is 2. The van der Waals surface area contributed by atoms with Crippen LogP contribution >= 0.6 is 0 Å². The van der Waals surface area contributed by atoms with E-state index in [-0.39, 0.29) is 18.0 Å². The molecule has 6 heteroatoms. The van der Waals surface area contributed by atoms with Gasteiger partial charge >= 0.3 is 5.97 Å². The third kappa shape index (κ3) is 4.67. The van der Waals surface area contributed by atoms with Gasteiger partial charge in [-0.05, 0) is 49.4 Å². The van der Waals surface area contributed by atoms with Gasteiger partial charge in [0.2, 0.25) is 0 Å². The van der Waals surface area contributed by atoms with Gasteiger partial charge in [0.1, 0.15) is 5.75 Å². The van der Waals surface area contributed by atoms with Crippen LogP contribution in [0.2, 0.25) is 0 Å². The number of Topliss-reactive ketones (excluding diaryl/α,β-unsaturated/α-hetero) is 1. The summed E-state index contributed by atoms with van der Waals surface area (Å²) in [4.78, 5) is 33.8. The van der Waals surface area contributed by atoms with Crippen LogP contribution in [-0.4, -0.2) is 29.4 Å². The molecule has 1 amide bonds. The van der Waals surface area contributed by atoms with E-state index >= 15 is 0 Å². The van der Waals surface area contributed by atoms with Crippen LogP contribution in [0.15, 0.2) is 48.5 Å². The average Bonchev–Trinajstić information content (AvgIpc) is 2.53. The van der Waals surface area contributed by atoms with Crippen LogP contribution in [0.1, 0.15) is 27.6 Å². The van der Waals surface area contributed by atoms with Crippen LogP contribution in [0.3, 0.4) is 0 Å². The molecule has 0 fully saturated rings. The first-order valence-electron chi connectivity index (χ1n) is 6.83. The van der Waals surface area contributed by atoms with Crippen molar-refractivity contribution in [3.63, 3.8) is 0 Å². The number of ketones is 1. The van der Waals surface area contributed by atoms with E-state index in [1.54, 1.807) is 36.4 Å². The molecule has 2 aromatic rings. The van der Waals surface area contributed by atoms with Gasteiger partial charge in [0.25, 0.3) is 5.91 Å². The minimum atomic E-state index is -1.07. The fourth-order valence-electron chi connectivity index (χ4n) is 1.86. The van der Waals surface area contributed by atoms with E-state index in [4.69, 9.17) is 9.84 Å². The topological polar surface area (TPSA) is 92.7 Å². The molecule has 23 heavy (non-hydrogen) atoms. The molecule has 0 heterocycles. The summed E-state index contributed by atoms with van der Waals surface area (Å²) in [6.45, 7) is 1.24. The molecular formula is C17H15NO5. The van der Waals surface area contributed by atoms with Gasteiger partial charge in [0.15, 0.2) is 12.4 Å². The van der Waals surface area contributed by atoms with Crippen molar-refractivity contribution in [1.82, 2.24) is 0 Å². The fraction of sp³-hybridized carbons (Fsp3) is 0.118. The number of nitrogens with one attached hydrogen (secondary N) is 1. The smallest absolute Gasteiger partial charge is 0.335 e. The Bertz CT molecular complexity index is 737. The Morgan fingerprint density at radius 3 is 2.35 bits per heavy atom. The molecule has 2 N–H and O–H groups in total. The highest BCUT2D eigenvalue weighted by Crippen LogP contribution is 2.13. The van der Waals surface area contributed by atoms with Gasteiger partial charge in [-0.1, -0.05) is 6.07 Å². The van der Waals surface area contributed by atoms with Crippen LogP contribution in [0.5, 0.6) is 5.75 Å². The molecule has 0 aliphatic heterocycles. The zero-order valence-corrected chi connectivity index (χ0v) is 12.4. The van der Waals surface area contributed by atoms with Crippen molar-refractivity contribution in [2.75, 3.05) is 11.9 Å². The Kier molecular flexibility index (Phi) is 5.09. The van der Waals surface area contributed by atoms with E-state index in [9.17, 15) is 14.4 Å². The van der Waals surface area contributed by atoms with E-state index in [0.29, 0.717) is 17.0 Å². The standard InChI is InChI=1S/C17H15NO5/c1-11(19)12-5-7-15(8-6-12)23-10-16(20)18-14-4-2-3-13(9-14)17(21)22/h2-9H,10H2,1H3,(H,18,20)(H,21,22). The molecule has 0 saturated heterocycles. The molecule has 2 aromatic carbocycles. The summed E-state index contributed by atoms with van der Waals surface area (Å²) in [6, 6.07) is 12.4. The van der Waals surface area contributed by atoms with Gasteiger partial charge in [-0.25, -0.2) is 4.79 Å². The van der Waals surface area contributed by atoms with Crippen molar-refractivity contribution in [1.29, 1.82) is 0 Å². The lowest BCUT2D eigenvalue weighted by molar-refractivity contribution is -0.118. The molecular weight excluding hydrogens is 298 g/mol. The summed E-state index contributed by atoms with van der Waals surface area (Å²) in [5, 5.41) is 11.5. The predicted octanol–water partition coefficient (Wildman–Crippen LogP) is 2.60. The molecule has 0 spiro atoms. The summed E-state index contributed by atoms with van der Waals surface area (Å²) >= 11 is 0. The third-order valence-corrected chi connectivity index (χ3v) is 3.02. The van der Waals surface area contributed by atoms with E-state index in [0.717, 1.165) is 0 Å². The molecule has 0 unspecified atom stereocenters. The van der Waals surface area contributed by atoms with Crippen LogP contribution in [0.25, 0.3) is 0 Å². The van der Waals surface area contributed by atoms with E-state index in [2.05, 4.69) is 5.32 Å². The first kappa shape index (κ1) is 16.2. The van der Waals surface area contributed by atoms with Crippen molar-refractivity contribution >= 4 is 23.3 Å². The summed E-state index contributed by atoms with van der Waals surface area (Å²) < 4.78 is 5.31. The van der Waals surface area contributed by atoms with E-state index in [1.165, 1.54) is 19.1 Å². The monoisotopic (exact) mass is 313 g/mol. The SMILES string of the molecule is CC(=O)c1ccc(OCC(=O)Nc2cccc(C(=O)O)c2)cc1. The fourth-order valence-corrected chi connectivity index (χ4v) is 1.86. The lowest BCUT2D eigenvalue weighted by atomic mass is 10.1. The highest BCUT2D eigenvalue weighted by atomic mass is 16.5. The molecule has 0 radical (unpaired) electrons. The number of carboxylic acids is 1. The zero-order valence-electron chi connectivity index (χ0n) is 12.4. The minimum Gasteiger partial charge on any atom is -0.484 e. The summed E-state index contributed by atoms with van der Waals surface area (Å²) in [5.41, 5.74) is 1.03. The molecule has 0 bridgehead atoms. The van der Waals surface area contributed by atoms with Gasteiger partial charge in [0.05, 0.1) is 5.56 Å². The van der Waals surface area contributed by atoms with Crippen LogP contribution in [-0.2, 0) is 4.79 Å². The summed E-state index contributed by atoms with van der Waals surface area (Å²) in [7, 11) is 0. The Morgan fingerprint density at radius 2 is 1.74 bits per heavy atom. The number of benzene rings is 2. The highest BCUT2D eigenvalue weighted by Gasteiger charge is 2.07. The number of carboxylic acid groups (broad SMARTS) is 1. The maximum atomic E-state index is 11.8. The Balaban J connectivity index is 1.91. The Labute approximate surface area is 132 Å². The first-order chi connectivity index (χ1) is 11.0. The number of rotatable bonds is 6. The molecule has 2 rings (SSSR count). The second-order valence-electron chi connectivity index (χ2n) is 4.80. The quantitative estimate of drug-likeness (QED) is 0.800. The van der Waals surface area contributed by atoms with Gasteiger partial charge in [0, 0.05) is 11.3 Å². The van der Waals surface area contributed by atoms with E-state index < -0.39 is 11.9 Å². The highest BCUT2D eigenvalue weighted by molar-refractivity contribution is 5.95. The van der Waals surface area contributed by atoms with Crippen molar-refractivity contribution < 1.29 is 24.2 Å². The predicted molar refractivity (Wildman–Crippen MR) is 84.0 cm³/mol. The molecule has 0 saturated carbocycles. The number of ether oxygens (including phenoxy) is 1. The maximum Gasteiger partial charge on any atom is 0.335 e. The molecule has 6 nitrogen and oxygen atoms in total. The molecule has 118 valence electrons. The lowest BCUT2D eigenvalue weighted by Crippen LogP contribution is -2.20. The number of aromatic carboxylic acids is 1.